The van der Waals surface area contributed by atoms with E-state index < -0.39 is 13.0 Å². The molecule has 0 aliphatic heterocycles. The molecule has 0 aliphatic rings. The first-order chi connectivity index (χ1) is 7.59. The van der Waals surface area contributed by atoms with Gasteiger partial charge in [-0.25, -0.2) is 8.78 Å². The molecule has 0 bridgehead atoms. The lowest BCUT2D eigenvalue weighted by atomic mass is 10.2. The van der Waals surface area contributed by atoms with Crippen LogP contribution in [0, 0.1) is 6.92 Å². The summed E-state index contributed by atoms with van der Waals surface area (Å²) < 4.78 is 29.9. The Labute approximate surface area is 93.6 Å². The summed E-state index contributed by atoms with van der Waals surface area (Å²) in [6.07, 6.45) is -0.455. The van der Waals surface area contributed by atoms with Gasteiger partial charge in [-0.3, -0.25) is 4.68 Å². The van der Waals surface area contributed by atoms with Gasteiger partial charge in [0.2, 0.25) is 0 Å². The zero-order chi connectivity index (χ0) is 12.0. The molecule has 1 aromatic heterocycles. The van der Waals surface area contributed by atoms with Gasteiger partial charge in [-0.1, -0.05) is 0 Å². The topological polar surface area (TPSA) is 39.1 Å². The maximum Gasteiger partial charge on any atom is 0.261 e. The SMILES string of the molecule is Cc1nn(C)cc1CNCCOCC(F)F. The summed E-state index contributed by atoms with van der Waals surface area (Å²) >= 11 is 0. The summed E-state index contributed by atoms with van der Waals surface area (Å²) in [6, 6.07) is 0. The van der Waals surface area contributed by atoms with Crippen molar-refractivity contribution in [1.29, 1.82) is 0 Å². The molecule has 0 fully saturated rings. The molecule has 0 spiro atoms. The Morgan fingerprint density at radius 2 is 2.31 bits per heavy atom. The Balaban J connectivity index is 2.09. The highest BCUT2D eigenvalue weighted by Gasteiger charge is 2.03. The first-order valence-corrected chi connectivity index (χ1v) is 5.15. The van der Waals surface area contributed by atoms with Gasteiger partial charge in [-0.05, 0) is 6.92 Å². The van der Waals surface area contributed by atoms with E-state index in [1.54, 1.807) is 4.68 Å². The van der Waals surface area contributed by atoms with E-state index >= 15 is 0 Å². The number of halogens is 2. The van der Waals surface area contributed by atoms with Gasteiger partial charge < -0.3 is 10.1 Å². The number of aromatic nitrogens is 2. The molecule has 4 nitrogen and oxygen atoms in total. The van der Waals surface area contributed by atoms with Gasteiger partial charge in [0.1, 0.15) is 6.61 Å². The summed E-state index contributed by atoms with van der Waals surface area (Å²) in [5.41, 5.74) is 2.08. The number of nitrogens with one attached hydrogen (secondary N) is 1. The van der Waals surface area contributed by atoms with Crippen LogP contribution in [0.25, 0.3) is 0 Å². The van der Waals surface area contributed by atoms with Gasteiger partial charge in [-0.15, -0.1) is 0 Å². The van der Waals surface area contributed by atoms with Gasteiger partial charge in [0, 0.05) is 31.9 Å². The molecule has 1 rings (SSSR count). The zero-order valence-corrected chi connectivity index (χ0v) is 9.54. The van der Waals surface area contributed by atoms with Crippen molar-refractivity contribution in [1.82, 2.24) is 15.1 Å². The van der Waals surface area contributed by atoms with Crippen molar-refractivity contribution < 1.29 is 13.5 Å². The highest BCUT2D eigenvalue weighted by atomic mass is 19.3. The van der Waals surface area contributed by atoms with E-state index in [2.05, 4.69) is 10.4 Å². The number of nitrogens with zero attached hydrogens (tertiary/aromatic N) is 2. The minimum atomic E-state index is -2.39. The fraction of sp³-hybridized carbons (Fsp3) is 0.700. The van der Waals surface area contributed by atoms with Crippen LogP contribution in [0.3, 0.4) is 0 Å². The van der Waals surface area contributed by atoms with Gasteiger partial charge in [0.15, 0.2) is 0 Å². The predicted octanol–water partition coefficient (Wildman–Crippen LogP) is 1.10. The van der Waals surface area contributed by atoms with Crippen LogP contribution in [0.1, 0.15) is 11.3 Å². The van der Waals surface area contributed by atoms with Crippen LogP contribution in [0.2, 0.25) is 0 Å². The van der Waals surface area contributed by atoms with Crippen molar-refractivity contribution in [2.24, 2.45) is 7.05 Å². The first-order valence-electron chi connectivity index (χ1n) is 5.15. The molecule has 1 N–H and O–H groups in total. The van der Waals surface area contributed by atoms with E-state index in [0.717, 1.165) is 11.3 Å². The van der Waals surface area contributed by atoms with Crippen LogP contribution in [-0.4, -0.2) is 36.0 Å². The second kappa shape index (κ2) is 6.55. The molecule has 0 aliphatic carbocycles. The summed E-state index contributed by atoms with van der Waals surface area (Å²) in [7, 11) is 1.86. The van der Waals surface area contributed by atoms with Crippen LogP contribution in [0.4, 0.5) is 8.78 Å². The number of rotatable bonds is 7. The Kier molecular flexibility index (Phi) is 5.34. The summed E-state index contributed by atoms with van der Waals surface area (Å²) in [6.45, 7) is 2.97. The quantitative estimate of drug-likeness (QED) is 0.717. The third-order valence-electron chi connectivity index (χ3n) is 2.10. The molecule has 0 aromatic carbocycles. The minimum absolute atomic E-state index is 0.295. The molecule has 1 aromatic rings. The molecule has 0 atom stereocenters. The van der Waals surface area contributed by atoms with Crippen LogP contribution < -0.4 is 5.32 Å². The molecule has 0 unspecified atom stereocenters. The lowest BCUT2D eigenvalue weighted by Crippen LogP contribution is -2.20. The molecule has 0 saturated heterocycles. The van der Waals surface area contributed by atoms with Crippen molar-refractivity contribution in [3.05, 3.63) is 17.5 Å². The average molecular weight is 233 g/mol. The lowest BCUT2D eigenvalue weighted by Gasteiger charge is -2.05. The Hall–Kier alpha value is -1.01. The summed E-state index contributed by atoms with van der Waals surface area (Å²) in [5, 5.41) is 7.30. The van der Waals surface area contributed by atoms with Crippen molar-refractivity contribution in [2.75, 3.05) is 19.8 Å². The molecule has 6 heteroatoms. The Bertz CT molecular complexity index is 315. The second-order valence-electron chi connectivity index (χ2n) is 3.56. The van der Waals surface area contributed by atoms with E-state index in [1.165, 1.54) is 0 Å². The number of aryl methyl sites for hydroxylation is 2. The van der Waals surface area contributed by atoms with Crippen molar-refractivity contribution in [3.8, 4) is 0 Å². The standard InChI is InChI=1S/C10H17F2N3O/c1-8-9(6-15(2)14-8)5-13-3-4-16-7-10(11)12/h6,10,13H,3-5,7H2,1-2H3. The van der Waals surface area contributed by atoms with E-state index in [-0.39, 0.29) is 0 Å². The van der Waals surface area contributed by atoms with Gasteiger partial charge >= 0.3 is 0 Å². The van der Waals surface area contributed by atoms with Crippen LogP contribution in [0.15, 0.2) is 6.20 Å². The van der Waals surface area contributed by atoms with Gasteiger partial charge in [0.25, 0.3) is 6.43 Å². The Morgan fingerprint density at radius 3 is 2.88 bits per heavy atom. The third kappa shape index (κ3) is 4.67. The fourth-order valence-electron chi connectivity index (χ4n) is 1.36. The van der Waals surface area contributed by atoms with Crippen molar-refractivity contribution in [2.45, 2.75) is 19.9 Å². The number of ether oxygens (including phenoxy) is 1. The second-order valence-corrected chi connectivity index (χ2v) is 3.56. The maximum atomic E-state index is 11.7. The molecule has 0 amide bonds. The molecule has 0 saturated carbocycles. The fourth-order valence-corrected chi connectivity index (χ4v) is 1.36. The minimum Gasteiger partial charge on any atom is -0.374 e. The van der Waals surface area contributed by atoms with Crippen LogP contribution in [0.5, 0.6) is 0 Å². The largest absolute Gasteiger partial charge is 0.374 e. The third-order valence-corrected chi connectivity index (χ3v) is 2.10. The monoisotopic (exact) mass is 233 g/mol. The van der Waals surface area contributed by atoms with E-state index in [9.17, 15) is 8.78 Å². The number of hydrogen-bond acceptors (Lipinski definition) is 3. The number of alkyl halides is 2. The van der Waals surface area contributed by atoms with E-state index in [1.807, 2.05) is 20.2 Å². The van der Waals surface area contributed by atoms with Crippen LogP contribution >= 0.6 is 0 Å². The van der Waals surface area contributed by atoms with E-state index in [0.29, 0.717) is 19.7 Å². The van der Waals surface area contributed by atoms with Gasteiger partial charge in [-0.2, -0.15) is 5.10 Å². The smallest absolute Gasteiger partial charge is 0.261 e. The van der Waals surface area contributed by atoms with Crippen molar-refractivity contribution in [3.63, 3.8) is 0 Å². The molecule has 16 heavy (non-hydrogen) atoms. The zero-order valence-electron chi connectivity index (χ0n) is 9.54. The highest BCUT2D eigenvalue weighted by Crippen LogP contribution is 2.03. The maximum absolute atomic E-state index is 11.7. The highest BCUT2D eigenvalue weighted by molar-refractivity contribution is 5.14. The van der Waals surface area contributed by atoms with Crippen molar-refractivity contribution >= 4 is 0 Å². The molecular formula is C10H17F2N3O. The number of hydrogen-bond donors (Lipinski definition) is 1. The van der Waals surface area contributed by atoms with Gasteiger partial charge in [0.05, 0.1) is 12.3 Å². The Morgan fingerprint density at radius 1 is 1.56 bits per heavy atom. The summed E-state index contributed by atoms with van der Waals surface area (Å²) in [5.74, 6) is 0. The first kappa shape index (κ1) is 13.1. The van der Waals surface area contributed by atoms with Crippen LogP contribution in [-0.2, 0) is 18.3 Å². The van der Waals surface area contributed by atoms with E-state index in [4.69, 9.17) is 4.74 Å². The average Bonchev–Trinajstić information content (AvgIpc) is 2.50. The molecule has 1 heterocycles. The summed E-state index contributed by atoms with van der Waals surface area (Å²) in [4.78, 5) is 0. The molecule has 92 valence electrons. The lowest BCUT2D eigenvalue weighted by molar-refractivity contribution is 0.0187. The molecule has 0 radical (unpaired) electrons. The normalized spacial score (nSPS) is 11.3. The predicted molar refractivity (Wildman–Crippen MR) is 56.5 cm³/mol. The molecular weight excluding hydrogens is 216 g/mol.